The summed E-state index contributed by atoms with van der Waals surface area (Å²) in [6.45, 7) is 0. The van der Waals surface area contributed by atoms with Crippen LogP contribution in [0.5, 0.6) is 0 Å². The predicted molar refractivity (Wildman–Crippen MR) is 75.7 cm³/mol. The van der Waals surface area contributed by atoms with Gasteiger partial charge in [-0.15, -0.1) is 0 Å². The lowest BCUT2D eigenvalue weighted by Crippen LogP contribution is -2.12. The second-order valence-corrected chi connectivity index (χ2v) is 4.79. The van der Waals surface area contributed by atoms with Crippen molar-refractivity contribution in [1.29, 1.82) is 0 Å². The highest BCUT2D eigenvalue weighted by Crippen LogP contribution is 2.21. The summed E-state index contributed by atoms with van der Waals surface area (Å²) >= 11 is 3.11. The summed E-state index contributed by atoms with van der Waals surface area (Å²) in [6.07, 6.45) is 4.08. The third-order valence-corrected chi connectivity index (χ3v) is 3.35. The molecule has 0 fully saturated rings. The quantitative estimate of drug-likeness (QED) is 0.787. The molecule has 1 amide bonds. The van der Waals surface area contributed by atoms with Crippen molar-refractivity contribution in [2.24, 2.45) is 0 Å². The van der Waals surface area contributed by atoms with Crippen LogP contribution >= 0.6 is 15.9 Å². The topological polar surface area (TPSA) is 73.0 Å². The second-order valence-electron chi connectivity index (χ2n) is 4.07. The Morgan fingerprint density at radius 1 is 1.38 bits per heavy atom. The van der Waals surface area contributed by atoms with Crippen molar-refractivity contribution in [3.63, 3.8) is 0 Å². The standard InChI is InChI=1S/C13H8BrFN4O2/c14-12-9(3-4-21-12)13(20)18-8-1-2-11(10(15)5-8)19-7-16-6-17-19/h1-7H,(H,18,20). The SMILES string of the molecule is O=C(Nc1ccc(-n2cncn2)c(F)c1)c1ccoc1Br. The third-order valence-electron chi connectivity index (χ3n) is 2.73. The van der Waals surface area contributed by atoms with E-state index < -0.39 is 11.7 Å². The van der Waals surface area contributed by atoms with Gasteiger partial charge in [0.2, 0.25) is 0 Å². The maximum atomic E-state index is 14.0. The molecule has 3 rings (SSSR count). The van der Waals surface area contributed by atoms with E-state index in [-0.39, 0.29) is 5.69 Å². The van der Waals surface area contributed by atoms with Gasteiger partial charge in [-0.1, -0.05) is 0 Å². The number of amides is 1. The van der Waals surface area contributed by atoms with Crippen LogP contribution in [0.3, 0.4) is 0 Å². The summed E-state index contributed by atoms with van der Waals surface area (Å²) in [6, 6.07) is 5.80. The monoisotopic (exact) mass is 350 g/mol. The van der Waals surface area contributed by atoms with Crippen molar-refractivity contribution < 1.29 is 13.6 Å². The first-order valence-electron chi connectivity index (χ1n) is 5.84. The van der Waals surface area contributed by atoms with Crippen molar-refractivity contribution in [1.82, 2.24) is 14.8 Å². The highest BCUT2D eigenvalue weighted by Gasteiger charge is 2.14. The highest BCUT2D eigenvalue weighted by molar-refractivity contribution is 9.10. The second kappa shape index (κ2) is 5.49. The molecule has 0 unspecified atom stereocenters. The molecular formula is C13H8BrFN4O2. The molecule has 0 aliphatic heterocycles. The summed E-state index contributed by atoms with van der Waals surface area (Å²) in [5, 5.41) is 6.43. The van der Waals surface area contributed by atoms with Crippen LogP contribution in [0.15, 0.2) is 52.3 Å². The minimum Gasteiger partial charge on any atom is -0.457 e. The van der Waals surface area contributed by atoms with Gasteiger partial charge in [-0.25, -0.2) is 14.1 Å². The maximum Gasteiger partial charge on any atom is 0.260 e. The number of furan rings is 1. The Labute approximate surface area is 126 Å². The van der Waals surface area contributed by atoms with E-state index in [0.29, 0.717) is 15.9 Å². The number of halogens is 2. The van der Waals surface area contributed by atoms with Crippen LogP contribution in [0.25, 0.3) is 5.69 Å². The molecule has 0 saturated heterocycles. The Bertz CT molecular complexity index is 785. The number of aromatic nitrogens is 3. The van der Waals surface area contributed by atoms with Gasteiger partial charge < -0.3 is 9.73 Å². The first kappa shape index (κ1) is 13.5. The first-order chi connectivity index (χ1) is 10.1. The molecule has 2 heterocycles. The van der Waals surface area contributed by atoms with E-state index in [2.05, 4.69) is 31.3 Å². The number of rotatable bonds is 3. The summed E-state index contributed by atoms with van der Waals surface area (Å²) in [4.78, 5) is 15.7. The van der Waals surface area contributed by atoms with Gasteiger partial charge >= 0.3 is 0 Å². The summed E-state index contributed by atoms with van der Waals surface area (Å²) in [5.74, 6) is -0.923. The van der Waals surface area contributed by atoms with Crippen LogP contribution in [0.4, 0.5) is 10.1 Å². The van der Waals surface area contributed by atoms with Gasteiger partial charge in [0.1, 0.15) is 18.3 Å². The van der Waals surface area contributed by atoms with Crippen LogP contribution < -0.4 is 5.32 Å². The Morgan fingerprint density at radius 2 is 2.24 bits per heavy atom. The average molecular weight is 351 g/mol. The minimum atomic E-state index is -0.524. The molecule has 0 aliphatic carbocycles. The molecular weight excluding hydrogens is 343 g/mol. The molecule has 1 N–H and O–H groups in total. The molecule has 0 spiro atoms. The summed E-state index contributed by atoms with van der Waals surface area (Å²) in [5.41, 5.74) is 0.903. The Hall–Kier alpha value is -2.48. The van der Waals surface area contributed by atoms with Crippen molar-refractivity contribution >= 4 is 27.5 Å². The van der Waals surface area contributed by atoms with Gasteiger partial charge in [-0.05, 0) is 40.2 Å². The molecule has 0 bridgehead atoms. The highest BCUT2D eigenvalue weighted by atomic mass is 79.9. The van der Waals surface area contributed by atoms with Crippen molar-refractivity contribution in [2.75, 3.05) is 5.32 Å². The lowest BCUT2D eigenvalue weighted by molar-refractivity contribution is 0.102. The molecule has 1 aromatic carbocycles. The normalized spacial score (nSPS) is 10.6. The van der Waals surface area contributed by atoms with Crippen LogP contribution in [-0.2, 0) is 0 Å². The van der Waals surface area contributed by atoms with E-state index in [1.165, 1.54) is 41.8 Å². The zero-order valence-corrected chi connectivity index (χ0v) is 12.0. The number of benzene rings is 1. The fourth-order valence-electron chi connectivity index (χ4n) is 1.76. The van der Waals surface area contributed by atoms with Crippen molar-refractivity contribution in [2.45, 2.75) is 0 Å². The zero-order chi connectivity index (χ0) is 14.8. The van der Waals surface area contributed by atoms with Gasteiger partial charge in [0, 0.05) is 5.69 Å². The van der Waals surface area contributed by atoms with Crippen molar-refractivity contribution in [3.05, 3.63) is 59.2 Å². The number of anilines is 1. The van der Waals surface area contributed by atoms with Gasteiger partial charge in [-0.2, -0.15) is 5.10 Å². The molecule has 8 heteroatoms. The largest absolute Gasteiger partial charge is 0.457 e. The molecule has 6 nitrogen and oxygen atoms in total. The Kier molecular flexibility index (Phi) is 3.53. The zero-order valence-electron chi connectivity index (χ0n) is 10.5. The third kappa shape index (κ3) is 2.70. The van der Waals surface area contributed by atoms with E-state index in [1.807, 2.05) is 0 Å². The minimum absolute atomic E-state index is 0.245. The fraction of sp³-hybridized carbons (Fsp3) is 0. The lowest BCUT2D eigenvalue weighted by Gasteiger charge is -2.07. The van der Waals surface area contributed by atoms with E-state index in [1.54, 1.807) is 6.07 Å². The Morgan fingerprint density at radius 3 is 2.86 bits per heavy atom. The maximum absolute atomic E-state index is 14.0. The Balaban J connectivity index is 1.83. The molecule has 0 aliphatic rings. The number of carbonyl (C=O) groups is 1. The fourth-order valence-corrected chi connectivity index (χ4v) is 2.18. The summed E-state index contributed by atoms with van der Waals surface area (Å²) in [7, 11) is 0. The first-order valence-corrected chi connectivity index (χ1v) is 6.63. The molecule has 21 heavy (non-hydrogen) atoms. The van der Waals surface area contributed by atoms with Crippen LogP contribution in [0, 0.1) is 5.82 Å². The summed E-state index contributed by atoms with van der Waals surface area (Å²) < 4.78 is 20.6. The smallest absolute Gasteiger partial charge is 0.260 e. The number of hydrogen-bond donors (Lipinski definition) is 1. The van der Waals surface area contributed by atoms with Crippen LogP contribution in [0.2, 0.25) is 0 Å². The lowest BCUT2D eigenvalue weighted by atomic mass is 10.2. The number of nitrogens with one attached hydrogen (secondary N) is 1. The molecule has 0 atom stereocenters. The van der Waals surface area contributed by atoms with Gasteiger partial charge in [0.25, 0.3) is 5.91 Å². The van der Waals surface area contributed by atoms with Crippen LogP contribution in [-0.4, -0.2) is 20.7 Å². The molecule has 0 radical (unpaired) electrons. The molecule has 106 valence electrons. The van der Waals surface area contributed by atoms with Crippen molar-refractivity contribution in [3.8, 4) is 5.69 Å². The van der Waals surface area contributed by atoms with Crippen LogP contribution in [0.1, 0.15) is 10.4 Å². The predicted octanol–water partition coefficient (Wildman–Crippen LogP) is 3.01. The molecule has 0 saturated carbocycles. The van der Waals surface area contributed by atoms with E-state index in [9.17, 15) is 9.18 Å². The number of hydrogen-bond acceptors (Lipinski definition) is 4. The van der Waals surface area contributed by atoms with Gasteiger partial charge in [-0.3, -0.25) is 4.79 Å². The van der Waals surface area contributed by atoms with E-state index in [0.717, 1.165) is 0 Å². The van der Waals surface area contributed by atoms with E-state index in [4.69, 9.17) is 4.42 Å². The molecule has 2 aromatic heterocycles. The molecule has 3 aromatic rings. The van der Waals surface area contributed by atoms with Gasteiger partial charge in [0.05, 0.1) is 11.8 Å². The van der Waals surface area contributed by atoms with Gasteiger partial charge in [0.15, 0.2) is 10.5 Å². The number of nitrogens with zero attached hydrogens (tertiary/aromatic N) is 3. The van der Waals surface area contributed by atoms with E-state index >= 15 is 0 Å². The average Bonchev–Trinajstić information content (AvgIpc) is 3.10. The number of carbonyl (C=O) groups excluding carboxylic acids is 1.